The van der Waals surface area contributed by atoms with Crippen molar-refractivity contribution in [2.24, 2.45) is 0 Å². The van der Waals surface area contributed by atoms with E-state index in [9.17, 15) is 0 Å². The van der Waals surface area contributed by atoms with Gasteiger partial charge in [-0.1, -0.05) is 35.0 Å². The van der Waals surface area contributed by atoms with Crippen LogP contribution in [0.3, 0.4) is 0 Å². The number of ether oxygens (including phenoxy) is 1. The molecule has 0 aliphatic carbocycles. The molecule has 0 spiro atoms. The van der Waals surface area contributed by atoms with E-state index >= 15 is 0 Å². The van der Waals surface area contributed by atoms with Gasteiger partial charge in [-0.3, -0.25) is 0 Å². The Bertz CT molecular complexity index is 531. The monoisotopic (exact) mass is 322 g/mol. The Balaban J connectivity index is 1.95. The van der Waals surface area contributed by atoms with Crippen LogP contribution in [0.1, 0.15) is 19.8 Å². The smallest absolute Gasteiger partial charge is 0.133 e. The lowest BCUT2D eigenvalue weighted by molar-refractivity contribution is 0.134. The van der Waals surface area contributed by atoms with E-state index in [-0.39, 0.29) is 0 Å². The summed E-state index contributed by atoms with van der Waals surface area (Å²) in [6.45, 7) is 4.65. The number of halogens is 1. The van der Waals surface area contributed by atoms with Gasteiger partial charge in [0, 0.05) is 41.2 Å². The number of fused-ring (bicyclic) bond motifs is 1. The Morgan fingerprint density at radius 3 is 2.95 bits per heavy atom. The summed E-state index contributed by atoms with van der Waals surface area (Å²) in [5, 5.41) is 5.71. The average molecular weight is 323 g/mol. The lowest BCUT2D eigenvalue weighted by Crippen LogP contribution is -2.07. The number of benzene rings is 1. The molecule has 1 aromatic heterocycles. The van der Waals surface area contributed by atoms with Crippen molar-refractivity contribution in [2.75, 3.05) is 25.1 Å². The van der Waals surface area contributed by atoms with Gasteiger partial charge in [0.15, 0.2) is 0 Å². The average Bonchev–Trinajstić information content (AvgIpc) is 2.43. The summed E-state index contributed by atoms with van der Waals surface area (Å²) in [5.74, 6) is 0.939. The summed E-state index contributed by atoms with van der Waals surface area (Å²) >= 11 is 3.57. The zero-order valence-corrected chi connectivity index (χ0v) is 12.7. The summed E-state index contributed by atoms with van der Waals surface area (Å²) in [7, 11) is 0. The van der Waals surface area contributed by atoms with E-state index in [1.807, 2.05) is 24.4 Å². The molecule has 0 unspecified atom stereocenters. The molecule has 1 N–H and O–H groups in total. The standard InChI is InChI=1S/C15H19BrN2O/c1-2-10-19-11-4-8-17-15-13-5-3-6-14(16)12(13)7-9-18-15/h3,5-7,9H,2,4,8,10-11H2,1H3,(H,17,18). The van der Waals surface area contributed by atoms with Crippen molar-refractivity contribution in [3.8, 4) is 0 Å². The minimum Gasteiger partial charge on any atom is -0.381 e. The first-order chi connectivity index (χ1) is 9.33. The van der Waals surface area contributed by atoms with Crippen LogP contribution in [0.4, 0.5) is 5.82 Å². The van der Waals surface area contributed by atoms with Gasteiger partial charge < -0.3 is 10.1 Å². The third-order valence-corrected chi connectivity index (χ3v) is 3.55. The molecule has 0 amide bonds. The van der Waals surface area contributed by atoms with Gasteiger partial charge in [0.05, 0.1) is 0 Å². The zero-order valence-electron chi connectivity index (χ0n) is 11.2. The van der Waals surface area contributed by atoms with Gasteiger partial charge >= 0.3 is 0 Å². The predicted molar refractivity (Wildman–Crippen MR) is 83.7 cm³/mol. The minimum absolute atomic E-state index is 0.801. The zero-order chi connectivity index (χ0) is 13.5. The number of nitrogens with zero attached hydrogens (tertiary/aromatic N) is 1. The fourth-order valence-corrected chi connectivity index (χ4v) is 2.44. The van der Waals surface area contributed by atoms with Gasteiger partial charge in [-0.15, -0.1) is 0 Å². The van der Waals surface area contributed by atoms with Crippen LogP contribution in [-0.4, -0.2) is 24.7 Å². The molecule has 2 rings (SSSR count). The van der Waals surface area contributed by atoms with Crippen LogP contribution in [-0.2, 0) is 4.74 Å². The molecule has 19 heavy (non-hydrogen) atoms. The summed E-state index contributed by atoms with van der Waals surface area (Å²) in [4.78, 5) is 4.41. The largest absolute Gasteiger partial charge is 0.381 e. The summed E-state index contributed by atoms with van der Waals surface area (Å²) < 4.78 is 6.56. The number of nitrogens with one attached hydrogen (secondary N) is 1. The molecular weight excluding hydrogens is 304 g/mol. The molecule has 0 fully saturated rings. The van der Waals surface area contributed by atoms with Crippen LogP contribution in [0.5, 0.6) is 0 Å². The highest BCUT2D eigenvalue weighted by Crippen LogP contribution is 2.27. The predicted octanol–water partition coefficient (Wildman–Crippen LogP) is 4.23. The highest BCUT2D eigenvalue weighted by atomic mass is 79.9. The van der Waals surface area contributed by atoms with E-state index in [4.69, 9.17) is 4.74 Å². The fraction of sp³-hybridized carbons (Fsp3) is 0.400. The number of rotatable bonds is 7. The van der Waals surface area contributed by atoms with Crippen molar-refractivity contribution in [1.82, 2.24) is 4.98 Å². The summed E-state index contributed by atoms with van der Waals surface area (Å²) in [6.07, 6.45) is 3.90. The summed E-state index contributed by atoms with van der Waals surface area (Å²) in [6, 6.07) is 8.19. The molecule has 3 nitrogen and oxygen atoms in total. The Hall–Kier alpha value is -1.13. The molecule has 0 saturated carbocycles. The van der Waals surface area contributed by atoms with Crippen LogP contribution in [0.2, 0.25) is 0 Å². The molecule has 0 aliphatic heterocycles. The fourth-order valence-electron chi connectivity index (χ4n) is 1.94. The van der Waals surface area contributed by atoms with Crippen molar-refractivity contribution < 1.29 is 4.74 Å². The van der Waals surface area contributed by atoms with Crippen molar-refractivity contribution >= 4 is 32.5 Å². The molecule has 1 aromatic carbocycles. The second kappa shape index (κ2) is 7.46. The Kier molecular flexibility index (Phi) is 5.61. The van der Waals surface area contributed by atoms with Crippen LogP contribution >= 0.6 is 15.9 Å². The van der Waals surface area contributed by atoms with E-state index in [0.29, 0.717) is 0 Å². The first-order valence-electron chi connectivity index (χ1n) is 6.67. The maximum atomic E-state index is 5.46. The van der Waals surface area contributed by atoms with Gasteiger partial charge in [0.25, 0.3) is 0 Å². The highest BCUT2D eigenvalue weighted by molar-refractivity contribution is 9.10. The molecular formula is C15H19BrN2O. The number of hydrogen-bond donors (Lipinski definition) is 1. The number of anilines is 1. The number of pyridine rings is 1. The van der Waals surface area contributed by atoms with Crippen LogP contribution < -0.4 is 5.32 Å². The van der Waals surface area contributed by atoms with E-state index in [0.717, 1.165) is 48.3 Å². The maximum absolute atomic E-state index is 5.46. The molecule has 2 aromatic rings. The molecule has 0 aliphatic rings. The van der Waals surface area contributed by atoms with Gasteiger partial charge in [-0.2, -0.15) is 0 Å². The van der Waals surface area contributed by atoms with Crippen LogP contribution in [0.25, 0.3) is 10.8 Å². The third kappa shape index (κ3) is 3.91. The number of aromatic nitrogens is 1. The Morgan fingerprint density at radius 2 is 2.11 bits per heavy atom. The highest BCUT2D eigenvalue weighted by Gasteiger charge is 2.03. The molecule has 0 saturated heterocycles. The molecule has 1 heterocycles. The third-order valence-electron chi connectivity index (χ3n) is 2.86. The van der Waals surface area contributed by atoms with E-state index < -0.39 is 0 Å². The molecule has 4 heteroatoms. The van der Waals surface area contributed by atoms with Crippen molar-refractivity contribution in [3.63, 3.8) is 0 Å². The minimum atomic E-state index is 0.801. The van der Waals surface area contributed by atoms with Crippen molar-refractivity contribution in [3.05, 3.63) is 34.9 Å². The topological polar surface area (TPSA) is 34.1 Å². The van der Waals surface area contributed by atoms with Crippen LogP contribution in [0.15, 0.2) is 34.9 Å². The molecule has 0 radical (unpaired) electrons. The first-order valence-corrected chi connectivity index (χ1v) is 7.47. The summed E-state index contributed by atoms with van der Waals surface area (Å²) in [5.41, 5.74) is 0. The Morgan fingerprint density at radius 1 is 1.21 bits per heavy atom. The van der Waals surface area contributed by atoms with Gasteiger partial charge in [-0.05, 0) is 25.0 Å². The second-order valence-corrected chi connectivity index (χ2v) is 5.24. The van der Waals surface area contributed by atoms with E-state index in [2.05, 4.69) is 39.2 Å². The van der Waals surface area contributed by atoms with Gasteiger partial charge in [-0.25, -0.2) is 4.98 Å². The van der Waals surface area contributed by atoms with E-state index in [1.54, 1.807) is 0 Å². The second-order valence-electron chi connectivity index (χ2n) is 4.39. The first kappa shape index (κ1) is 14.3. The maximum Gasteiger partial charge on any atom is 0.133 e. The molecule has 102 valence electrons. The van der Waals surface area contributed by atoms with Crippen molar-refractivity contribution in [1.29, 1.82) is 0 Å². The quantitative estimate of drug-likeness (QED) is 0.775. The number of hydrogen-bond acceptors (Lipinski definition) is 3. The normalized spacial score (nSPS) is 10.8. The van der Waals surface area contributed by atoms with Crippen LogP contribution in [0, 0.1) is 0 Å². The molecule has 0 bridgehead atoms. The van der Waals surface area contributed by atoms with Gasteiger partial charge in [0.2, 0.25) is 0 Å². The lowest BCUT2D eigenvalue weighted by Gasteiger charge is -2.09. The Labute approximate surface area is 122 Å². The van der Waals surface area contributed by atoms with E-state index in [1.165, 1.54) is 5.39 Å². The lowest BCUT2D eigenvalue weighted by atomic mass is 10.1. The van der Waals surface area contributed by atoms with Crippen molar-refractivity contribution in [2.45, 2.75) is 19.8 Å². The SMILES string of the molecule is CCCOCCCNc1nccc2c(Br)cccc12. The van der Waals surface area contributed by atoms with Gasteiger partial charge in [0.1, 0.15) is 5.82 Å². The molecule has 0 atom stereocenters.